The SMILES string of the molecule is CCOC(=O)CN(C)S(=O)(=O)c1ccnn1C. The van der Waals surface area contributed by atoms with Gasteiger partial charge in [0.1, 0.15) is 6.54 Å². The number of nitrogens with zero attached hydrogens (tertiary/aromatic N) is 3. The molecule has 1 aromatic rings. The van der Waals surface area contributed by atoms with Crippen LogP contribution in [-0.4, -0.2) is 48.7 Å². The molecule has 7 nitrogen and oxygen atoms in total. The minimum absolute atomic E-state index is 0.0318. The number of rotatable bonds is 5. The fraction of sp³-hybridized carbons (Fsp3) is 0.556. The van der Waals surface area contributed by atoms with E-state index in [1.165, 1.54) is 31.0 Å². The Bertz CT molecular complexity index is 494. The molecule has 0 saturated carbocycles. The Morgan fingerprint density at radius 2 is 2.24 bits per heavy atom. The molecule has 1 aromatic heterocycles. The van der Waals surface area contributed by atoms with E-state index in [1.807, 2.05) is 0 Å². The van der Waals surface area contributed by atoms with Gasteiger partial charge >= 0.3 is 5.97 Å². The number of hydrogen-bond acceptors (Lipinski definition) is 5. The average Bonchev–Trinajstić information content (AvgIpc) is 2.65. The zero-order valence-corrected chi connectivity index (χ0v) is 10.8. The van der Waals surface area contributed by atoms with Gasteiger partial charge in [-0.1, -0.05) is 0 Å². The summed E-state index contributed by atoms with van der Waals surface area (Å²) in [5, 5.41) is 3.81. The molecule has 17 heavy (non-hydrogen) atoms. The van der Waals surface area contributed by atoms with Gasteiger partial charge in [0, 0.05) is 14.1 Å². The molecule has 0 bridgehead atoms. The summed E-state index contributed by atoms with van der Waals surface area (Å²) in [6.45, 7) is 1.56. The van der Waals surface area contributed by atoms with Crippen molar-refractivity contribution in [2.45, 2.75) is 11.9 Å². The van der Waals surface area contributed by atoms with Crippen LogP contribution in [0.25, 0.3) is 0 Å². The summed E-state index contributed by atoms with van der Waals surface area (Å²) in [5.41, 5.74) is 0. The van der Waals surface area contributed by atoms with Gasteiger partial charge in [0.25, 0.3) is 10.0 Å². The van der Waals surface area contributed by atoms with Gasteiger partial charge in [0.15, 0.2) is 5.03 Å². The predicted octanol–water partition coefficient (Wildman–Crippen LogP) is -0.396. The van der Waals surface area contributed by atoms with Gasteiger partial charge < -0.3 is 4.74 Å². The maximum absolute atomic E-state index is 12.0. The van der Waals surface area contributed by atoms with E-state index in [-0.39, 0.29) is 18.2 Å². The molecule has 0 aliphatic rings. The topological polar surface area (TPSA) is 81.5 Å². The Hall–Kier alpha value is -1.41. The first-order valence-electron chi connectivity index (χ1n) is 4.99. The van der Waals surface area contributed by atoms with E-state index in [0.29, 0.717) is 0 Å². The van der Waals surface area contributed by atoms with E-state index in [2.05, 4.69) is 9.84 Å². The first kappa shape index (κ1) is 13.7. The Morgan fingerprint density at radius 3 is 2.71 bits per heavy atom. The lowest BCUT2D eigenvalue weighted by molar-refractivity contribution is -0.143. The fourth-order valence-electron chi connectivity index (χ4n) is 1.25. The van der Waals surface area contributed by atoms with Crippen molar-refractivity contribution in [3.05, 3.63) is 12.3 Å². The number of likely N-dealkylation sites (N-methyl/N-ethyl adjacent to an activating group) is 1. The van der Waals surface area contributed by atoms with Crippen LogP contribution in [0.15, 0.2) is 17.3 Å². The second kappa shape index (κ2) is 5.28. The summed E-state index contributed by atoms with van der Waals surface area (Å²) < 4.78 is 30.9. The van der Waals surface area contributed by atoms with Crippen LogP contribution in [0, 0.1) is 0 Å². The van der Waals surface area contributed by atoms with Crippen LogP contribution in [0.5, 0.6) is 0 Å². The van der Waals surface area contributed by atoms with Gasteiger partial charge in [-0.05, 0) is 13.0 Å². The highest BCUT2D eigenvalue weighted by molar-refractivity contribution is 7.89. The molecule has 0 unspecified atom stereocenters. The van der Waals surface area contributed by atoms with E-state index in [0.717, 1.165) is 4.31 Å². The van der Waals surface area contributed by atoms with Gasteiger partial charge in [0.05, 0.1) is 12.8 Å². The minimum atomic E-state index is -3.71. The maximum Gasteiger partial charge on any atom is 0.321 e. The molecule has 96 valence electrons. The lowest BCUT2D eigenvalue weighted by Crippen LogP contribution is -2.34. The monoisotopic (exact) mass is 261 g/mol. The molecule has 0 fully saturated rings. The highest BCUT2D eigenvalue weighted by Crippen LogP contribution is 2.12. The smallest absolute Gasteiger partial charge is 0.321 e. The van der Waals surface area contributed by atoms with Crippen molar-refractivity contribution in [1.82, 2.24) is 14.1 Å². The average molecular weight is 261 g/mol. The Kier molecular flexibility index (Phi) is 4.24. The zero-order chi connectivity index (χ0) is 13.1. The Morgan fingerprint density at radius 1 is 1.59 bits per heavy atom. The van der Waals surface area contributed by atoms with Crippen LogP contribution >= 0.6 is 0 Å². The van der Waals surface area contributed by atoms with Gasteiger partial charge in [-0.15, -0.1) is 0 Å². The van der Waals surface area contributed by atoms with Gasteiger partial charge in [-0.2, -0.15) is 9.40 Å². The third-order valence-corrected chi connectivity index (χ3v) is 3.99. The summed E-state index contributed by atoms with van der Waals surface area (Å²) in [7, 11) is -0.869. The van der Waals surface area contributed by atoms with Crippen molar-refractivity contribution in [3.8, 4) is 0 Å². The Balaban J connectivity index is 2.85. The highest BCUT2D eigenvalue weighted by atomic mass is 32.2. The molecule has 0 aliphatic heterocycles. The summed E-state index contributed by atoms with van der Waals surface area (Å²) in [6, 6.07) is 1.37. The molecule has 0 saturated heterocycles. The number of aromatic nitrogens is 2. The first-order chi connectivity index (χ1) is 7.89. The van der Waals surface area contributed by atoms with Crippen molar-refractivity contribution >= 4 is 16.0 Å². The van der Waals surface area contributed by atoms with Gasteiger partial charge in [-0.25, -0.2) is 8.42 Å². The number of ether oxygens (including phenoxy) is 1. The summed E-state index contributed by atoms with van der Waals surface area (Å²) >= 11 is 0. The molecule has 8 heteroatoms. The summed E-state index contributed by atoms with van der Waals surface area (Å²) in [4.78, 5) is 11.2. The number of esters is 1. The number of carbonyl (C=O) groups excluding carboxylic acids is 1. The normalized spacial score (nSPS) is 11.8. The minimum Gasteiger partial charge on any atom is -0.465 e. The third-order valence-electron chi connectivity index (χ3n) is 2.11. The number of aryl methyl sites for hydroxylation is 1. The van der Waals surface area contributed by atoms with Crippen LogP contribution in [0.2, 0.25) is 0 Å². The fourth-order valence-corrected chi connectivity index (χ4v) is 2.46. The van der Waals surface area contributed by atoms with E-state index in [4.69, 9.17) is 0 Å². The molecule has 1 rings (SSSR count). The lowest BCUT2D eigenvalue weighted by Gasteiger charge is -2.15. The van der Waals surface area contributed by atoms with Crippen molar-refractivity contribution in [2.75, 3.05) is 20.2 Å². The van der Waals surface area contributed by atoms with E-state index >= 15 is 0 Å². The standard InChI is InChI=1S/C9H15N3O4S/c1-4-16-9(13)7-11(2)17(14,15)8-5-6-10-12(8)3/h5-6H,4,7H2,1-3H3. The number of sulfonamides is 1. The second-order valence-electron chi connectivity index (χ2n) is 3.36. The molecule has 0 aromatic carbocycles. The van der Waals surface area contributed by atoms with Crippen LogP contribution in [-0.2, 0) is 26.6 Å². The molecular weight excluding hydrogens is 246 g/mol. The largest absolute Gasteiger partial charge is 0.465 e. The number of hydrogen-bond donors (Lipinski definition) is 0. The van der Waals surface area contributed by atoms with Crippen LogP contribution in [0.3, 0.4) is 0 Å². The van der Waals surface area contributed by atoms with E-state index in [9.17, 15) is 13.2 Å². The quantitative estimate of drug-likeness (QED) is 0.674. The molecular formula is C9H15N3O4S. The third kappa shape index (κ3) is 3.04. The second-order valence-corrected chi connectivity index (χ2v) is 5.35. The maximum atomic E-state index is 12.0. The van der Waals surface area contributed by atoms with E-state index in [1.54, 1.807) is 6.92 Å². The summed E-state index contributed by atoms with van der Waals surface area (Å²) in [5.74, 6) is -0.583. The molecule has 0 spiro atoms. The predicted molar refractivity (Wildman–Crippen MR) is 59.7 cm³/mol. The first-order valence-corrected chi connectivity index (χ1v) is 6.43. The molecule has 0 radical (unpaired) electrons. The van der Waals surface area contributed by atoms with Gasteiger partial charge in [-0.3, -0.25) is 9.48 Å². The van der Waals surface area contributed by atoms with Gasteiger partial charge in [0.2, 0.25) is 0 Å². The van der Waals surface area contributed by atoms with Crippen molar-refractivity contribution in [3.63, 3.8) is 0 Å². The molecule has 1 heterocycles. The molecule has 0 aliphatic carbocycles. The highest BCUT2D eigenvalue weighted by Gasteiger charge is 2.25. The van der Waals surface area contributed by atoms with Crippen molar-refractivity contribution < 1.29 is 17.9 Å². The molecule has 0 amide bonds. The zero-order valence-electron chi connectivity index (χ0n) is 9.95. The summed E-state index contributed by atoms with van der Waals surface area (Å²) in [6.07, 6.45) is 1.38. The Labute approximate surface area is 100 Å². The van der Waals surface area contributed by atoms with Crippen LogP contribution in [0.4, 0.5) is 0 Å². The molecule has 0 atom stereocenters. The van der Waals surface area contributed by atoms with E-state index < -0.39 is 16.0 Å². The number of carbonyl (C=O) groups is 1. The van der Waals surface area contributed by atoms with Crippen LogP contribution in [0.1, 0.15) is 6.92 Å². The van der Waals surface area contributed by atoms with Crippen molar-refractivity contribution in [2.24, 2.45) is 7.05 Å². The molecule has 0 N–H and O–H groups in total. The van der Waals surface area contributed by atoms with Crippen molar-refractivity contribution in [1.29, 1.82) is 0 Å². The lowest BCUT2D eigenvalue weighted by atomic mass is 10.6. The van der Waals surface area contributed by atoms with Crippen LogP contribution < -0.4 is 0 Å².